The van der Waals surface area contributed by atoms with Crippen LogP contribution in [0.4, 0.5) is 4.79 Å². The smallest absolute Gasteiger partial charge is 0.407 e. The van der Waals surface area contributed by atoms with Crippen molar-refractivity contribution in [1.29, 1.82) is 0 Å². The maximum Gasteiger partial charge on any atom is 0.407 e. The molecule has 5 heteroatoms. The van der Waals surface area contributed by atoms with E-state index in [1.165, 1.54) is 0 Å². The van der Waals surface area contributed by atoms with Gasteiger partial charge >= 0.3 is 6.09 Å². The van der Waals surface area contributed by atoms with Gasteiger partial charge in [-0.2, -0.15) is 0 Å². The second kappa shape index (κ2) is 4.37. The molecule has 2 heterocycles. The minimum absolute atomic E-state index is 0.0378. The molecule has 0 aromatic rings. The molecular weight excluding hydrogens is 196 g/mol. The maximum atomic E-state index is 11.0. The largest absolute Gasteiger partial charge is 0.444 e. The molecule has 2 N–H and O–H groups in total. The van der Waals surface area contributed by atoms with E-state index in [4.69, 9.17) is 9.47 Å². The van der Waals surface area contributed by atoms with Crippen LogP contribution in [0.15, 0.2) is 0 Å². The molecule has 0 radical (unpaired) electrons. The summed E-state index contributed by atoms with van der Waals surface area (Å²) in [5.41, 5.74) is -0.0378. The summed E-state index contributed by atoms with van der Waals surface area (Å²) in [5, 5.41) is 5.76. The van der Waals surface area contributed by atoms with Crippen LogP contribution >= 0.6 is 0 Å². The Morgan fingerprint density at radius 2 is 2.27 bits per heavy atom. The molecule has 86 valence electrons. The Kier molecular flexibility index (Phi) is 3.11. The average Bonchev–Trinajstić information content (AvgIpc) is 2.62. The van der Waals surface area contributed by atoms with Gasteiger partial charge in [-0.1, -0.05) is 0 Å². The summed E-state index contributed by atoms with van der Waals surface area (Å²) in [6.45, 7) is 2.52. The molecule has 0 aromatic heterocycles. The number of amides is 1. The highest BCUT2D eigenvalue weighted by Crippen LogP contribution is 2.35. The maximum absolute atomic E-state index is 11.0. The van der Waals surface area contributed by atoms with Gasteiger partial charge in [0.15, 0.2) is 0 Å². The molecule has 0 aromatic carbocycles. The molecule has 1 spiro atoms. The molecule has 0 saturated carbocycles. The second-order valence-electron chi connectivity index (χ2n) is 4.23. The normalized spacial score (nSPS) is 29.0. The molecular formula is C10H18N2O3. The van der Waals surface area contributed by atoms with Crippen LogP contribution in [-0.4, -0.2) is 44.5 Å². The van der Waals surface area contributed by atoms with Crippen LogP contribution in [0.3, 0.4) is 0 Å². The van der Waals surface area contributed by atoms with Crippen LogP contribution in [0, 0.1) is 0 Å². The van der Waals surface area contributed by atoms with Crippen LogP contribution in [0.1, 0.15) is 19.3 Å². The average molecular weight is 214 g/mol. The summed E-state index contributed by atoms with van der Waals surface area (Å²) < 4.78 is 11.0. The minimum Gasteiger partial charge on any atom is -0.444 e. The molecule has 1 atom stereocenters. The summed E-state index contributed by atoms with van der Waals surface area (Å²) in [5.74, 6) is 0. The van der Waals surface area contributed by atoms with E-state index in [1.54, 1.807) is 7.05 Å². The summed E-state index contributed by atoms with van der Waals surface area (Å²) in [7, 11) is 1.57. The Morgan fingerprint density at radius 3 is 2.93 bits per heavy atom. The van der Waals surface area contributed by atoms with Gasteiger partial charge in [-0.15, -0.1) is 0 Å². The number of nitrogens with one attached hydrogen (secondary N) is 2. The van der Waals surface area contributed by atoms with Crippen LogP contribution in [0.25, 0.3) is 0 Å². The van der Waals surface area contributed by atoms with Crippen molar-refractivity contribution in [3.8, 4) is 0 Å². The number of carbonyl (C=O) groups excluding carboxylic acids is 1. The number of rotatable bonds is 1. The first-order valence-electron chi connectivity index (χ1n) is 5.47. The summed E-state index contributed by atoms with van der Waals surface area (Å²) >= 11 is 0. The number of hydrogen-bond acceptors (Lipinski definition) is 4. The van der Waals surface area contributed by atoms with Crippen molar-refractivity contribution in [2.45, 2.75) is 31.0 Å². The van der Waals surface area contributed by atoms with E-state index < -0.39 is 0 Å². The molecule has 1 unspecified atom stereocenters. The fourth-order valence-electron chi connectivity index (χ4n) is 2.32. The first-order valence-corrected chi connectivity index (χ1v) is 5.47. The zero-order chi connectivity index (χ0) is 10.7. The third kappa shape index (κ3) is 2.41. The van der Waals surface area contributed by atoms with Crippen LogP contribution in [0.5, 0.6) is 0 Å². The minimum atomic E-state index is -0.366. The Labute approximate surface area is 89.5 Å². The fourth-order valence-corrected chi connectivity index (χ4v) is 2.32. The lowest BCUT2D eigenvalue weighted by molar-refractivity contribution is -0.0212. The molecule has 2 rings (SSSR count). The Hall–Kier alpha value is -0.810. The van der Waals surface area contributed by atoms with E-state index in [2.05, 4.69) is 10.6 Å². The first kappa shape index (κ1) is 10.7. The quantitative estimate of drug-likeness (QED) is 0.657. The van der Waals surface area contributed by atoms with Gasteiger partial charge in [-0.25, -0.2) is 4.79 Å². The van der Waals surface area contributed by atoms with E-state index in [9.17, 15) is 4.79 Å². The first-order chi connectivity index (χ1) is 7.24. The molecule has 2 aliphatic rings. The SMILES string of the molecule is CNC(=O)OC1COC2(CCNCC2)C1. The van der Waals surface area contributed by atoms with Gasteiger partial charge in [-0.05, 0) is 25.9 Å². The van der Waals surface area contributed by atoms with Gasteiger partial charge in [0.05, 0.1) is 12.2 Å². The highest BCUT2D eigenvalue weighted by Gasteiger charge is 2.42. The summed E-state index contributed by atoms with van der Waals surface area (Å²) in [4.78, 5) is 11.0. The monoisotopic (exact) mass is 214 g/mol. The third-order valence-corrected chi connectivity index (χ3v) is 3.17. The molecule has 1 amide bonds. The van der Waals surface area contributed by atoms with Crippen LogP contribution < -0.4 is 10.6 Å². The van der Waals surface area contributed by atoms with Crippen molar-refractivity contribution in [3.05, 3.63) is 0 Å². The zero-order valence-electron chi connectivity index (χ0n) is 9.04. The molecule has 2 saturated heterocycles. The van der Waals surface area contributed by atoms with Crippen molar-refractivity contribution in [3.63, 3.8) is 0 Å². The predicted octanol–water partition coefficient (Wildman–Crippen LogP) is 0.253. The fraction of sp³-hybridized carbons (Fsp3) is 0.900. The molecule has 0 aliphatic carbocycles. The molecule has 2 aliphatic heterocycles. The summed E-state index contributed by atoms with van der Waals surface area (Å²) in [6.07, 6.45) is 2.42. The van der Waals surface area contributed by atoms with E-state index in [-0.39, 0.29) is 17.8 Å². The highest BCUT2D eigenvalue weighted by atomic mass is 16.6. The van der Waals surface area contributed by atoms with E-state index in [0.717, 1.165) is 32.4 Å². The molecule has 15 heavy (non-hydrogen) atoms. The van der Waals surface area contributed by atoms with Crippen LogP contribution in [-0.2, 0) is 9.47 Å². The zero-order valence-corrected chi connectivity index (χ0v) is 9.04. The molecule has 5 nitrogen and oxygen atoms in total. The van der Waals surface area contributed by atoms with Gasteiger partial charge < -0.3 is 20.1 Å². The van der Waals surface area contributed by atoms with Gasteiger partial charge in [0.25, 0.3) is 0 Å². The number of alkyl carbamates (subject to hydrolysis) is 1. The number of piperidine rings is 1. The van der Waals surface area contributed by atoms with Crippen molar-refractivity contribution in [2.24, 2.45) is 0 Å². The predicted molar refractivity (Wildman–Crippen MR) is 54.7 cm³/mol. The topological polar surface area (TPSA) is 59.6 Å². The lowest BCUT2D eigenvalue weighted by Gasteiger charge is -2.32. The Morgan fingerprint density at radius 1 is 1.53 bits per heavy atom. The van der Waals surface area contributed by atoms with Crippen molar-refractivity contribution < 1.29 is 14.3 Å². The second-order valence-corrected chi connectivity index (χ2v) is 4.23. The lowest BCUT2D eigenvalue weighted by Crippen LogP contribution is -2.41. The van der Waals surface area contributed by atoms with E-state index in [1.807, 2.05) is 0 Å². The molecule has 2 fully saturated rings. The molecule has 0 bridgehead atoms. The van der Waals surface area contributed by atoms with Crippen molar-refractivity contribution in [1.82, 2.24) is 10.6 Å². The van der Waals surface area contributed by atoms with Gasteiger partial charge in [0.1, 0.15) is 6.10 Å². The Bertz CT molecular complexity index is 239. The summed E-state index contributed by atoms with van der Waals surface area (Å²) in [6, 6.07) is 0. The van der Waals surface area contributed by atoms with Crippen LogP contribution in [0.2, 0.25) is 0 Å². The highest BCUT2D eigenvalue weighted by molar-refractivity contribution is 5.66. The van der Waals surface area contributed by atoms with Gasteiger partial charge in [0.2, 0.25) is 0 Å². The van der Waals surface area contributed by atoms with E-state index in [0.29, 0.717) is 6.61 Å². The van der Waals surface area contributed by atoms with Gasteiger partial charge in [-0.3, -0.25) is 0 Å². The lowest BCUT2D eigenvalue weighted by atomic mass is 9.89. The van der Waals surface area contributed by atoms with E-state index >= 15 is 0 Å². The number of ether oxygens (including phenoxy) is 2. The third-order valence-electron chi connectivity index (χ3n) is 3.17. The standard InChI is InChI=1S/C10H18N2O3/c1-11-9(13)15-8-6-10(14-7-8)2-4-12-5-3-10/h8,12H,2-7H2,1H3,(H,11,13). The van der Waals surface area contributed by atoms with Gasteiger partial charge in [0, 0.05) is 13.5 Å². The number of carbonyl (C=O) groups is 1. The number of hydrogen-bond donors (Lipinski definition) is 2. The Balaban J connectivity index is 1.85. The van der Waals surface area contributed by atoms with Crippen molar-refractivity contribution in [2.75, 3.05) is 26.7 Å². The van der Waals surface area contributed by atoms with Crippen molar-refractivity contribution >= 4 is 6.09 Å².